The van der Waals surface area contributed by atoms with E-state index in [1.807, 2.05) is 0 Å². The molecule has 0 atom stereocenters. The molecule has 0 unspecified atom stereocenters. The summed E-state index contributed by atoms with van der Waals surface area (Å²) in [4.78, 5) is 10.3. The molecule has 21 heavy (non-hydrogen) atoms. The van der Waals surface area contributed by atoms with Gasteiger partial charge >= 0.3 is 5.97 Å². The van der Waals surface area contributed by atoms with Gasteiger partial charge in [-0.3, -0.25) is 4.79 Å². The van der Waals surface area contributed by atoms with Crippen LogP contribution in [-0.4, -0.2) is 21.9 Å². The van der Waals surface area contributed by atoms with Crippen molar-refractivity contribution in [1.82, 2.24) is 5.32 Å². The standard InChI is InChI=1S/C16H31NO2S2/c18-15(19)13-11-9-7-5-3-1-2-4-6-8-10-12-14-17-16(20)21/h1-14H2,(H,18,19)(H2,17,20,21). The highest BCUT2D eigenvalue weighted by molar-refractivity contribution is 8.11. The van der Waals surface area contributed by atoms with E-state index in [1.165, 1.54) is 64.2 Å². The summed E-state index contributed by atoms with van der Waals surface area (Å²) in [6.45, 7) is 0.949. The van der Waals surface area contributed by atoms with Crippen molar-refractivity contribution >= 4 is 35.1 Å². The average molecular weight is 334 g/mol. The van der Waals surface area contributed by atoms with Crippen molar-refractivity contribution in [3.63, 3.8) is 0 Å². The molecule has 0 spiro atoms. The molecule has 0 aliphatic heterocycles. The predicted molar refractivity (Wildman–Crippen MR) is 97.2 cm³/mol. The van der Waals surface area contributed by atoms with Gasteiger partial charge in [-0.05, 0) is 12.8 Å². The minimum atomic E-state index is -0.667. The third-order valence-electron chi connectivity index (χ3n) is 3.59. The van der Waals surface area contributed by atoms with Crippen molar-refractivity contribution in [1.29, 1.82) is 0 Å². The van der Waals surface area contributed by atoms with Gasteiger partial charge in [-0.25, -0.2) is 0 Å². The van der Waals surface area contributed by atoms with Crippen LogP contribution in [0.25, 0.3) is 0 Å². The second-order valence-electron chi connectivity index (χ2n) is 5.62. The monoisotopic (exact) mass is 333 g/mol. The van der Waals surface area contributed by atoms with Gasteiger partial charge in [0.25, 0.3) is 0 Å². The van der Waals surface area contributed by atoms with Crippen LogP contribution in [0.4, 0.5) is 0 Å². The Hall–Kier alpha value is -0.290. The van der Waals surface area contributed by atoms with Crippen molar-refractivity contribution in [2.45, 2.75) is 83.5 Å². The average Bonchev–Trinajstić information content (AvgIpc) is 2.42. The van der Waals surface area contributed by atoms with Crippen molar-refractivity contribution < 1.29 is 9.90 Å². The maximum Gasteiger partial charge on any atom is 0.303 e. The van der Waals surface area contributed by atoms with Crippen LogP contribution < -0.4 is 5.32 Å². The van der Waals surface area contributed by atoms with E-state index in [9.17, 15) is 4.79 Å². The maximum absolute atomic E-state index is 10.3. The first-order chi connectivity index (χ1) is 10.1. The van der Waals surface area contributed by atoms with Gasteiger partial charge in [0, 0.05) is 13.0 Å². The molecule has 124 valence electrons. The molecule has 0 aromatic carbocycles. The van der Waals surface area contributed by atoms with Crippen LogP contribution in [0.15, 0.2) is 0 Å². The number of rotatable bonds is 15. The number of carboxylic acid groups (broad SMARTS) is 1. The lowest BCUT2D eigenvalue weighted by Gasteiger charge is -2.04. The van der Waals surface area contributed by atoms with Crippen molar-refractivity contribution in [3.8, 4) is 0 Å². The van der Waals surface area contributed by atoms with E-state index in [4.69, 9.17) is 17.3 Å². The third kappa shape index (κ3) is 19.7. The molecule has 0 rings (SSSR count). The summed E-state index contributed by atoms with van der Waals surface area (Å²) in [5.41, 5.74) is 0. The fourth-order valence-corrected chi connectivity index (χ4v) is 2.58. The van der Waals surface area contributed by atoms with E-state index in [1.54, 1.807) is 0 Å². The molecule has 0 heterocycles. The van der Waals surface area contributed by atoms with E-state index < -0.39 is 5.97 Å². The second-order valence-corrected chi connectivity index (χ2v) is 6.78. The summed E-state index contributed by atoms with van der Waals surface area (Å²) in [7, 11) is 0. The normalized spacial score (nSPS) is 10.5. The van der Waals surface area contributed by atoms with Crippen LogP contribution in [0.2, 0.25) is 0 Å². The summed E-state index contributed by atoms with van der Waals surface area (Å²) >= 11 is 8.85. The molecule has 0 saturated heterocycles. The van der Waals surface area contributed by atoms with Crippen LogP contribution in [0.5, 0.6) is 0 Å². The molecule has 0 saturated carbocycles. The minimum Gasteiger partial charge on any atom is -0.481 e. The molecule has 2 N–H and O–H groups in total. The van der Waals surface area contributed by atoms with Gasteiger partial charge in [-0.2, -0.15) is 0 Å². The van der Waals surface area contributed by atoms with Crippen molar-refractivity contribution in [2.24, 2.45) is 0 Å². The van der Waals surface area contributed by atoms with Crippen LogP contribution in [-0.2, 0) is 4.79 Å². The van der Waals surface area contributed by atoms with Gasteiger partial charge in [-0.15, -0.1) is 12.6 Å². The van der Waals surface area contributed by atoms with E-state index in [-0.39, 0.29) is 0 Å². The number of nitrogens with one attached hydrogen (secondary N) is 1. The van der Waals surface area contributed by atoms with Crippen LogP contribution in [0.1, 0.15) is 83.5 Å². The molecule has 0 aliphatic rings. The number of thiol groups is 1. The van der Waals surface area contributed by atoms with Gasteiger partial charge in [0.15, 0.2) is 0 Å². The maximum atomic E-state index is 10.3. The van der Waals surface area contributed by atoms with E-state index in [0.717, 1.165) is 19.4 Å². The zero-order valence-corrected chi connectivity index (χ0v) is 14.8. The lowest BCUT2D eigenvalue weighted by atomic mass is 10.0. The van der Waals surface area contributed by atoms with E-state index >= 15 is 0 Å². The number of carboxylic acids is 1. The Kier molecular flexibility index (Phi) is 15.9. The highest BCUT2D eigenvalue weighted by atomic mass is 32.1. The van der Waals surface area contributed by atoms with Gasteiger partial charge in [0.05, 0.1) is 0 Å². The van der Waals surface area contributed by atoms with Gasteiger partial charge in [-0.1, -0.05) is 76.4 Å². The summed E-state index contributed by atoms with van der Waals surface area (Å²) < 4.78 is 0.595. The minimum absolute atomic E-state index is 0.329. The Balaban J connectivity index is 2.99. The summed E-state index contributed by atoms with van der Waals surface area (Å²) in [5, 5.41) is 11.6. The lowest BCUT2D eigenvalue weighted by Crippen LogP contribution is -2.17. The molecule has 0 fully saturated rings. The van der Waals surface area contributed by atoms with Crippen molar-refractivity contribution in [3.05, 3.63) is 0 Å². The molecule has 0 amide bonds. The second kappa shape index (κ2) is 16.1. The van der Waals surface area contributed by atoms with Gasteiger partial charge in [0.2, 0.25) is 0 Å². The number of hydrogen-bond acceptors (Lipinski definition) is 2. The molecule has 3 nitrogen and oxygen atoms in total. The summed E-state index contributed by atoms with van der Waals surface area (Å²) in [6, 6.07) is 0. The number of hydrogen-bond donors (Lipinski definition) is 3. The van der Waals surface area contributed by atoms with Crippen molar-refractivity contribution in [2.75, 3.05) is 6.54 Å². The van der Waals surface area contributed by atoms with Crippen LogP contribution >= 0.6 is 24.8 Å². The molecule has 0 radical (unpaired) electrons. The molecule has 0 aromatic heterocycles. The Morgan fingerprint density at radius 2 is 1.19 bits per heavy atom. The fraction of sp³-hybridized carbons (Fsp3) is 0.875. The Morgan fingerprint density at radius 1 is 0.810 bits per heavy atom. The third-order valence-corrected chi connectivity index (χ3v) is 3.90. The largest absolute Gasteiger partial charge is 0.481 e. The zero-order chi connectivity index (χ0) is 15.8. The smallest absolute Gasteiger partial charge is 0.303 e. The number of aliphatic carboxylic acids is 1. The predicted octanol–water partition coefficient (Wildman–Crippen LogP) is 4.95. The molecule has 0 aliphatic carbocycles. The van der Waals surface area contributed by atoms with Gasteiger partial charge < -0.3 is 10.4 Å². The topological polar surface area (TPSA) is 49.3 Å². The number of thiocarbonyl (C=S) groups is 1. The summed E-state index contributed by atoms with van der Waals surface area (Å²) in [6.07, 6.45) is 15.1. The molecule has 0 aromatic rings. The Bertz CT molecular complexity index is 247. The zero-order valence-electron chi connectivity index (χ0n) is 13.1. The molecule has 5 heteroatoms. The quantitative estimate of drug-likeness (QED) is 0.225. The van der Waals surface area contributed by atoms with E-state index in [0.29, 0.717) is 10.7 Å². The van der Waals surface area contributed by atoms with Gasteiger partial charge in [0.1, 0.15) is 4.32 Å². The number of unbranched alkanes of at least 4 members (excludes halogenated alkanes) is 11. The lowest BCUT2D eigenvalue weighted by molar-refractivity contribution is -0.137. The highest BCUT2D eigenvalue weighted by Crippen LogP contribution is 2.12. The summed E-state index contributed by atoms with van der Waals surface area (Å²) in [5.74, 6) is -0.667. The highest BCUT2D eigenvalue weighted by Gasteiger charge is 1.97. The molecule has 0 bridgehead atoms. The van der Waals surface area contributed by atoms with Crippen LogP contribution in [0, 0.1) is 0 Å². The first kappa shape index (κ1) is 20.7. The fourth-order valence-electron chi connectivity index (χ4n) is 2.36. The SMILES string of the molecule is O=C(O)CCCCCCCCCCCCCCNC(=S)S. The van der Waals surface area contributed by atoms with E-state index in [2.05, 4.69) is 17.9 Å². The number of carbonyl (C=O) groups is 1. The molecular weight excluding hydrogens is 302 g/mol. The molecular formula is C16H31NO2S2. The first-order valence-electron chi connectivity index (χ1n) is 8.31. The Labute approximate surface area is 140 Å². The van der Waals surface area contributed by atoms with Crippen LogP contribution in [0.3, 0.4) is 0 Å². The first-order valence-corrected chi connectivity index (χ1v) is 9.17. The Morgan fingerprint density at radius 3 is 1.57 bits per heavy atom.